The fraction of sp³-hybridized carbons (Fsp3) is 0.550. The van der Waals surface area contributed by atoms with Gasteiger partial charge in [0.1, 0.15) is 18.7 Å². The zero-order chi connectivity index (χ0) is 20.2. The Kier molecular flexibility index (Phi) is 9.27. The Morgan fingerprint density at radius 3 is 2.79 bits per heavy atom. The van der Waals surface area contributed by atoms with Gasteiger partial charge in [0.05, 0.1) is 19.7 Å². The van der Waals surface area contributed by atoms with Gasteiger partial charge in [-0.1, -0.05) is 12.1 Å². The van der Waals surface area contributed by atoms with Crippen molar-refractivity contribution >= 4 is 5.96 Å². The Morgan fingerprint density at radius 2 is 2.04 bits per heavy atom. The highest BCUT2D eigenvalue weighted by atomic mass is 16.5. The molecule has 0 fully saturated rings. The van der Waals surface area contributed by atoms with Crippen LogP contribution in [0.15, 0.2) is 29.5 Å². The van der Waals surface area contributed by atoms with Crippen LogP contribution in [0.5, 0.6) is 5.75 Å². The lowest BCUT2D eigenvalue weighted by Crippen LogP contribution is -2.37. The molecule has 8 heteroatoms. The van der Waals surface area contributed by atoms with Gasteiger partial charge in [-0.25, -0.2) is 4.99 Å². The molecule has 1 aromatic heterocycles. The van der Waals surface area contributed by atoms with E-state index in [1.54, 1.807) is 6.33 Å². The SMILES string of the molecule is CCNC(=NCc1ccc(C)cc1OCCOCC)NCc1nncn1CC. The third-order valence-electron chi connectivity index (χ3n) is 4.11. The van der Waals surface area contributed by atoms with E-state index in [2.05, 4.69) is 46.8 Å². The number of hydrogen-bond donors (Lipinski definition) is 2. The molecule has 0 radical (unpaired) electrons. The third-order valence-corrected chi connectivity index (χ3v) is 4.11. The van der Waals surface area contributed by atoms with Crippen molar-refractivity contribution in [3.8, 4) is 5.75 Å². The fourth-order valence-corrected chi connectivity index (χ4v) is 2.63. The van der Waals surface area contributed by atoms with E-state index in [0.717, 1.165) is 41.7 Å². The molecule has 0 aliphatic rings. The van der Waals surface area contributed by atoms with Crippen LogP contribution in [0.2, 0.25) is 0 Å². The molecule has 2 N–H and O–H groups in total. The van der Waals surface area contributed by atoms with Crippen molar-refractivity contribution in [2.24, 2.45) is 4.99 Å². The monoisotopic (exact) mass is 388 g/mol. The number of guanidine groups is 1. The topological polar surface area (TPSA) is 85.6 Å². The number of aryl methyl sites for hydroxylation is 2. The van der Waals surface area contributed by atoms with Gasteiger partial charge in [-0.2, -0.15) is 0 Å². The highest BCUT2D eigenvalue weighted by Gasteiger charge is 2.07. The molecule has 0 aliphatic carbocycles. The summed E-state index contributed by atoms with van der Waals surface area (Å²) in [6.45, 7) is 12.6. The second-order valence-corrected chi connectivity index (χ2v) is 6.24. The molecule has 1 heterocycles. The van der Waals surface area contributed by atoms with Crippen molar-refractivity contribution in [3.63, 3.8) is 0 Å². The molecule has 0 spiro atoms. The summed E-state index contributed by atoms with van der Waals surface area (Å²) in [5.74, 6) is 2.46. The van der Waals surface area contributed by atoms with E-state index in [9.17, 15) is 0 Å². The van der Waals surface area contributed by atoms with Crippen molar-refractivity contribution in [3.05, 3.63) is 41.5 Å². The zero-order valence-electron chi connectivity index (χ0n) is 17.4. The van der Waals surface area contributed by atoms with Crippen LogP contribution < -0.4 is 15.4 Å². The molecule has 0 bridgehead atoms. The number of aromatic nitrogens is 3. The third kappa shape index (κ3) is 6.84. The minimum Gasteiger partial charge on any atom is -0.491 e. The number of nitrogens with one attached hydrogen (secondary N) is 2. The van der Waals surface area contributed by atoms with Gasteiger partial charge in [0, 0.05) is 25.3 Å². The molecule has 0 unspecified atom stereocenters. The molecule has 154 valence electrons. The molecule has 28 heavy (non-hydrogen) atoms. The van der Waals surface area contributed by atoms with Crippen LogP contribution in [0.1, 0.15) is 37.7 Å². The molecule has 0 amide bonds. The van der Waals surface area contributed by atoms with Crippen molar-refractivity contribution in [1.82, 2.24) is 25.4 Å². The fourth-order valence-electron chi connectivity index (χ4n) is 2.63. The van der Waals surface area contributed by atoms with Crippen LogP contribution in [0.3, 0.4) is 0 Å². The first kappa shape index (κ1) is 21.7. The predicted molar refractivity (Wildman–Crippen MR) is 111 cm³/mol. The number of hydrogen-bond acceptors (Lipinski definition) is 5. The van der Waals surface area contributed by atoms with Crippen LogP contribution in [-0.2, 0) is 24.4 Å². The maximum Gasteiger partial charge on any atom is 0.191 e. The average Bonchev–Trinajstić information content (AvgIpc) is 3.16. The molecular formula is C20H32N6O2. The summed E-state index contributed by atoms with van der Waals surface area (Å²) in [6, 6.07) is 6.18. The lowest BCUT2D eigenvalue weighted by molar-refractivity contribution is 0.110. The number of ether oxygens (including phenoxy) is 2. The second kappa shape index (κ2) is 12.0. The number of rotatable bonds is 11. The molecule has 1 aromatic carbocycles. The van der Waals surface area contributed by atoms with Gasteiger partial charge in [0.15, 0.2) is 11.8 Å². The summed E-state index contributed by atoms with van der Waals surface area (Å²) < 4.78 is 13.3. The Morgan fingerprint density at radius 1 is 1.18 bits per heavy atom. The van der Waals surface area contributed by atoms with Crippen molar-refractivity contribution in [2.45, 2.75) is 47.3 Å². The first-order chi connectivity index (χ1) is 13.7. The van der Waals surface area contributed by atoms with E-state index in [1.807, 2.05) is 24.5 Å². The number of nitrogens with zero attached hydrogens (tertiary/aromatic N) is 4. The summed E-state index contributed by atoms with van der Waals surface area (Å²) in [7, 11) is 0. The largest absolute Gasteiger partial charge is 0.491 e. The number of benzene rings is 1. The quantitative estimate of drug-likeness (QED) is 0.349. The molecule has 0 aliphatic heterocycles. The minimum absolute atomic E-state index is 0.514. The molecule has 8 nitrogen and oxygen atoms in total. The summed E-state index contributed by atoms with van der Waals surface area (Å²) >= 11 is 0. The second-order valence-electron chi connectivity index (χ2n) is 6.24. The van der Waals surface area contributed by atoms with Crippen LogP contribution in [0.25, 0.3) is 0 Å². The van der Waals surface area contributed by atoms with E-state index in [4.69, 9.17) is 14.5 Å². The zero-order valence-corrected chi connectivity index (χ0v) is 17.4. The number of aliphatic imine (C=N–C) groups is 1. The van der Waals surface area contributed by atoms with Gasteiger partial charge >= 0.3 is 0 Å². The standard InChI is InChI=1S/C20H32N6O2/c1-5-21-20(23-14-19-25-24-15-26(19)6-2)22-13-17-9-8-16(4)12-18(17)28-11-10-27-7-3/h8-9,12,15H,5-7,10-11,13-14H2,1-4H3,(H2,21,22,23). The molecule has 2 aromatic rings. The Hall–Kier alpha value is -2.61. The van der Waals surface area contributed by atoms with E-state index >= 15 is 0 Å². The Labute approximate surface area is 167 Å². The summed E-state index contributed by atoms with van der Waals surface area (Å²) in [5, 5.41) is 14.7. The lowest BCUT2D eigenvalue weighted by atomic mass is 10.1. The maximum absolute atomic E-state index is 5.90. The molecule has 0 saturated carbocycles. The molecular weight excluding hydrogens is 356 g/mol. The van der Waals surface area contributed by atoms with Crippen molar-refractivity contribution in [1.29, 1.82) is 0 Å². The van der Waals surface area contributed by atoms with Crippen LogP contribution in [0.4, 0.5) is 0 Å². The van der Waals surface area contributed by atoms with Crippen LogP contribution in [0, 0.1) is 6.92 Å². The first-order valence-corrected chi connectivity index (χ1v) is 9.86. The minimum atomic E-state index is 0.514. The predicted octanol–water partition coefficient (Wildman–Crippen LogP) is 2.28. The van der Waals surface area contributed by atoms with E-state index in [0.29, 0.717) is 32.9 Å². The van der Waals surface area contributed by atoms with E-state index < -0.39 is 0 Å². The van der Waals surface area contributed by atoms with E-state index in [-0.39, 0.29) is 0 Å². The molecule has 0 atom stereocenters. The van der Waals surface area contributed by atoms with Gasteiger partial charge in [-0.15, -0.1) is 10.2 Å². The van der Waals surface area contributed by atoms with Gasteiger partial charge in [0.25, 0.3) is 0 Å². The summed E-state index contributed by atoms with van der Waals surface area (Å²) in [5.41, 5.74) is 2.19. The maximum atomic E-state index is 5.90. The van der Waals surface area contributed by atoms with Crippen molar-refractivity contribution < 1.29 is 9.47 Å². The van der Waals surface area contributed by atoms with Crippen LogP contribution >= 0.6 is 0 Å². The highest BCUT2D eigenvalue weighted by molar-refractivity contribution is 5.79. The Bertz CT molecular complexity index is 744. The summed E-state index contributed by atoms with van der Waals surface area (Å²) in [4.78, 5) is 4.70. The highest BCUT2D eigenvalue weighted by Crippen LogP contribution is 2.21. The lowest BCUT2D eigenvalue weighted by Gasteiger charge is -2.14. The average molecular weight is 389 g/mol. The van der Waals surface area contributed by atoms with Gasteiger partial charge < -0.3 is 24.7 Å². The summed E-state index contributed by atoms with van der Waals surface area (Å²) in [6.07, 6.45) is 1.74. The van der Waals surface area contributed by atoms with E-state index in [1.165, 1.54) is 0 Å². The smallest absolute Gasteiger partial charge is 0.191 e. The van der Waals surface area contributed by atoms with Gasteiger partial charge in [-0.05, 0) is 39.3 Å². The molecule has 2 rings (SSSR count). The van der Waals surface area contributed by atoms with Crippen LogP contribution in [-0.4, -0.2) is 47.1 Å². The normalized spacial score (nSPS) is 11.5. The molecule has 0 saturated heterocycles. The Balaban J connectivity index is 2.02. The van der Waals surface area contributed by atoms with Crippen molar-refractivity contribution in [2.75, 3.05) is 26.4 Å². The first-order valence-electron chi connectivity index (χ1n) is 9.86. The van der Waals surface area contributed by atoms with Gasteiger partial charge in [-0.3, -0.25) is 0 Å². The van der Waals surface area contributed by atoms with Gasteiger partial charge in [0.2, 0.25) is 0 Å².